The minimum Gasteiger partial charge on any atom is -0.454 e. The number of ether oxygens (including phenoxy) is 2. The van der Waals surface area contributed by atoms with Crippen LogP contribution in [0.2, 0.25) is 0 Å². The molecule has 2 N–H and O–H groups in total. The fourth-order valence-electron chi connectivity index (χ4n) is 4.83. The first-order valence-electron chi connectivity index (χ1n) is 11.8. The molecule has 0 atom stereocenters. The molecule has 1 aromatic carbocycles. The number of hydrogen-bond acceptors (Lipinski definition) is 9. The van der Waals surface area contributed by atoms with Gasteiger partial charge >= 0.3 is 0 Å². The third-order valence-electron chi connectivity index (χ3n) is 6.76. The predicted molar refractivity (Wildman–Crippen MR) is 126 cm³/mol. The number of carbonyl (C=O) groups is 1. The van der Waals surface area contributed by atoms with Crippen LogP contribution in [0.3, 0.4) is 0 Å². The monoisotopic (exact) mass is 464 g/mol. The highest BCUT2D eigenvalue weighted by atomic mass is 16.7. The van der Waals surface area contributed by atoms with Crippen molar-refractivity contribution in [1.29, 1.82) is 0 Å². The van der Waals surface area contributed by atoms with Crippen LogP contribution in [0.4, 0.5) is 11.8 Å². The molecule has 3 aliphatic heterocycles. The van der Waals surface area contributed by atoms with E-state index in [2.05, 4.69) is 31.9 Å². The summed E-state index contributed by atoms with van der Waals surface area (Å²) in [5.41, 5.74) is 8.78. The standard InChI is InChI=1S/C23H28N8O3/c24-21-20-22(31(14-25-20)11-10-29-5-1-2-19(29)32)27-23(26-21)30-8-6-28(7-9-30)13-16-3-4-17-18(12-16)34-15-33-17/h3-4,12,14H,1-2,5-11,13,15H2,(H2,24,26,27). The lowest BCUT2D eigenvalue weighted by atomic mass is 10.1. The zero-order valence-electron chi connectivity index (χ0n) is 19.0. The van der Waals surface area contributed by atoms with Crippen LogP contribution in [0.25, 0.3) is 11.2 Å². The SMILES string of the molecule is Nc1nc(N2CCN(Cc3ccc4c(c3)OCO4)CC2)nc2c1ncn2CCN1CCCC1=O. The van der Waals surface area contributed by atoms with Gasteiger partial charge in [0.15, 0.2) is 23.0 Å². The van der Waals surface area contributed by atoms with Gasteiger partial charge in [0.05, 0.1) is 6.33 Å². The number of nitrogens with two attached hydrogens (primary N) is 1. The molecule has 11 nitrogen and oxygen atoms in total. The van der Waals surface area contributed by atoms with Crippen molar-refractivity contribution >= 4 is 28.8 Å². The molecule has 178 valence electrons. The summed E-state index contributed by atoms with van der Waals surface area (Å²) in [6.45, 7) is 6.68. The van der Waals surface area contributed by atoms with E-state index in [1.165, 1.54) is 5.56 Å². The second kappa shape index (κ2) is 8.64. The van der Waals surface area contributed by atoms with E-state index in [-0.39, 0.29) is 5.91 Å². The van der Waals surface area contributed by atoms with Crippen molar-refractivity contribution in [3.63, 3.8) is 0 Å². The topological polar surface area (TPSA) is 115 Å². The molecule has 1 amide bonds. The van der Waals surface area contributed by atoms with Gasteiger partial charge in [-0.2, -0.15) is 9.97 Å². The Balaban J connectivity index is 1.12. The number of nitrogen functional groups attached to an aromatic ring is 1. The maximum atomic E-state index is 11.9. The molecule has 5 heterocycles. The lowest BCUT2D eigenvalue weighted by Gasteiger charge is -2.34. The zero-order chi connectivity index (χ0) is 23.1. The fraction of sp³-hybridized carbons (Fsp3) is 0.478. The van der Waals surface area contributed by atoms with E-state index in [0.29, 0.717) is 43.6 Å². The average molecular weight is 465 g/mol. The summed E-state index contributed by atoms with van der Waals surface area (Å²) in [7, 11) is 0. The molecule has 0 aliphatic carbocycles. The van der Waals surface area contributed by atoms with Crippen LogP contribution in [0.15, 0.2) is 24.5 Å². The Labute approximate surface area is 197 Å². The van der Waals surface area contributed by atoms with Crippen LogP contribution in [-0.2, 0) is 17.9 Å². The average Bonchev–Trinajstić information content (AvgIpc) is 3.58. The molecular formula is C23H28N8O3. The largest absolute Gasteiger partial charge is 0.454 e. The van der Waals surface area contributed by atoms with Gasteiger partial charge in [-0.1, -0.05) is 6.07 Å². The summed E-state index contributed by atoms with van der Waals surface area (Å²) in [4.78, 5) is 32.2. The van der Waals surface area contributed by atoms with Crippen LogP contribution in [0, 0.1) is 0 Å². The van der Waals surface area contributed by atoms with Crippen LogP contribution in [-0.4, -0.2) is 81.3 Å². The summed E-state index contributed by atoms with van der Waals surface area (Å²) < 4.78 is 12.9. The third-order valence-corrected chi connectivity index (χ3v) is 6.76. The number of anilines is 2. The molecule has 0 bridgehead atoms. The summed E-state index contributed by atoms with van der Waals surface area (Å²) in [5, 5.41) is 0. The number of likely N-dealkylation sites (tertiary alicyclic amines) is 1. The van der Waals surface area contributed by atoms with Gasteiger partial charge in [0.1, 0.15) is 5.52 Å². The molecule has 6 rings (SSSR count). The highest BCUT2D eigenvalue weighted by molar-refractivity contribution is 5.83. The quantitative estimate of drug-likeness (QED) is 0.572. The Kier molecular flexibility index (Phi) is 5.33. The normalized spacial score (nSPS) is 18.4. The van der Waals surface area contributed by atoms with Crippen molar-refractivity contribution in [2.75, 3.05) is 56.7 Å². The first-order valence-corrected chi connectivity index (χ1v) is 11.8. The van der Waals surface area contributed by atoms with Crippen molar-refractivity contribution in [2.24, 2.45) is 0 Å². The minimum absolute atomic E-state index is 0.220. The lowest BCUT2D eigenvalue weighted by molar-refractivity contribution is -0.127. The van der Waals surface area contributed by atoms with E-state index < -0.39 is 0 Å². The maximum Gasteiger partial charge on any atom is 0.231 e. The van der Waals surface area contributed by atoms with Gasteiger partial charge in [0.2, 0.25) is 18.6 Å². The predicted octanol–water partition coefficient (Wildman–Crippen LogP) is 1.08. The van der Waals surface area contributed by atoms with Gasteiger partial charge in [-0.3, -0.25) is 9.69 Å². The molecule has 11 heteroatoms. The van der Waals surface area contributed by atoms with Crippen molar-refractivity contribution in [1.82, 2.24) is 29.3 Å². The lowest BCUT2D eigenvalue weighted by Crippen LogP contribution is -2.46. The summed E-state index contributed by atoms with van der Waals surface area (Å²) in [6.07, 6.45) is 3.32. The Bertz CT molecular complexity index is 1220. The zero-order valence-corrected chi connectivity index (χ0v) is 19.0. The number of imidazole rings is 1. The van der Waals surface area contributed by atoms with Crippen molar-refractivity contribution in [3.05, 3.63) is 30.1 Å². The Morgan fingerprint density at radius 2 is 1.85 bits per heavy atom. The van der Waals surface area contributed by atoms with Crippen LogP contribution < -0.4 is 20.1 Å². The highest BCUT2D eigenvalue weighted by Gasteiger charge is 2.23. The number of amides is 1. The van der Waals surface area contributed by atoms with Crippen molar-refractivity contribution < 1.29 is 14.3 Å². The minimum atomic E-state index is 0.220. The number of carbonyl (C=O) groups excluding carboxylic acids is 1. The number of rotatable bonds is 6. The number of nitrogens with zero attached hydrogens (tertiary/aromatic N) is 7. The molecule has 2 aromatic heterocycles. The van der Waals surface area contributed by atoms with Crippen molar-refractivity contribution in [3.8, 4) is 11.5 Å². The molecule has 34 heavy (non-hydrogen) atoms. The molecule has 0 radical (unpaired) electrons. The number of fused-ring (bicyclic) bond motifs is 2. The number of benzene rings is 1. The second-order valence-corrected chi connectivity index (χ2v) is 8.95. The number of hydrogen-bond donors (Lipinski definition) is 1. The Morgan fingerprint density at radius 3 is 2.68 bits per heavy atom. The molecule has 0 spiro atoms. The molecule has 2 fully saturated rings. The highest BCUT2D eigenvalue weighted by Crippen LogP contribution is 2.33. The maximum absolute atomic E-state index is 11.9. The van der Waals surface area contributed by atoms with Gasteiger partial charge in [0.25, 0.3) is 0 Å². The van der Waals surface area contributed by atoms with E-state index in [1.54, 1.807) is 6.33 Å². The number of aromatic nitrogens is 4. The smallest absolute Gasteiger partial charge is 0.231 e. The molecule has 3 aliphatic rings. The van der Waals surface area contributed by atoms with E-state index >= 15 is 0 Å². The van der Waals surface area contributed by atoms with Gasteiger partial charge in [-0.25, -0.2) is 4.98 Å². The Hall–Kier alpha value is -3.60. The summed E-state index contributed by atoms with van der Waals surface area (Å²) >= 11 is 0. The third kappa shape index (κ3) is 3.96. The van der Waals surface area contributed by atoms with E-state index in [0.717, 1.165) is 62.8 Å². The van der Waals surface area contributed by atoms with Gasteiger partial charge in [0, 0.05) is 58.8 Å². The molecular weight excluding hydrogens is 436 g/mol. The summed E-state index contributed by atoms with van der Waals surface area (Å²) in [6, 6.07) is 6.13. The van der Waals surface area contributed by atoms with Crippen LogP contribution >= 0.6 is 0 Å². The van der Waals surface area contributed by atoms with Crippen LogP contribution in [0.1, 0.15) is 18.4 Å². The molecule has 2 saturated heterocycles. The molecule has 0 unspecified atom stereocenters. The van der Waals surface area contributed by atoms with E-state index in [4.69, 9.17) is 20.2 Å². The summed E-state index contributed by atoms with van der Waals surface area (Å²) in [5.74, 6) is 2.87. The first kappa shape index (κ1) is 21.0. The van der Waals surface area contributed by atoms with Gasteiger partial charge in [-0.15, -0.1) is 0 Å². The first-order chi connectivity index (χ1) is 16.6. The van der Waals surface area contributed by atoms with E-state index in [1.807, 2.05) is 15.5 Å². The fourth-order valence-corrected chi connectivity index (χ4v) is 4.83. The van der Waals surface area contributed by atoms with Gasteiger partial charge in [-0.05, 0) is 24.1 Å². The van der Waals surface area contributed by atoms with Crippen LogP contribution in [0.5, 0.6) is 11.5 Å². The van der Waals surface area contributed by atoms with Crippen molar-refractivity contribution in [2.45, 2.75) is 25.9 Å². The number of piperazine rings is 1. The molecule has 3 aromatic rings. The second-order valence-electron chi connectivity index (χ2n) is 8.95. The molecule has 0 saturated carbocycles. The van der Waals surface area contributed by atoms with E-state index in [9.17, 15) is 4.79 Å². The van der Waals surface area contributed by atoms with Gasteiger partial charge < -0.3 is 29.6 Å². The Morgan fingerprint density at radius 1 is 1.00 bits per heavy atom.